The molecule has 0 bridgehead atoms. The molecule has 2 aliphatic carbocycles. The van der Waals surface area contributed by atoms with E-state index < -0.39 is 5.54 Å². The highest BCUT2D eigenvalue weighted by Gasteiger charge is 2.42. The average Bonchev–Trinajstić information content (AvgIpc) is 3.30. The second kappa shape index (κ2) is 8.00. The topological polar surface area (TPSA) is 61.4 Å². The van der Waals surface area contributed by atoms with Crippen molar-refractivity contribution < 1.29 is 9.59 Å². The molecular weight excluding hydrogens is 314 g/mol. The number of amides is 2. The monoisotopic (exact) mass is 343 g/mol. The van der Waals surface area contributed by atoms with Crippen LogP contribution in [0.25, 0.3) is 0 Å². The number of nitrogens with zero attached hydrogens (tertiary/aromatic N) is 1. The second-order valence-electron chi connectivity index (χ2n) is 7.65. The van der Waals surface area contributed by atoms with E-state index in [0.29, 0.717) is 12.5 Å². The number of rotatable bonds is 8. The molecule has 0 spiro atoms. The summed E-state index contributed by atoms with van der Waals surface area (Å²) in [6.07, 6.45) is 5.91. The minimum Gasteiger partial charge on any atom is -0.354 e. The third-order valence-electron chi connectivity index (χ3n) is 5.23. The second-order valence-corrected chi connectivity index (χ2v) is 7.65. The van der Waals surface area contributed by atoms with Gasteiger partial charge in [-0.15, -0.1) is 0 Å². The van der Waals surface area contributed by atoms with E-state index in [9.17, 15) is 9.59 Å². The van der Waals surface area contributed by atoms with Crippen molar-refractivity contribution in [1.29, 1.82) is 0 Å². The van der Waals surface area contributed by atoms with E-state index in [1.165, 1.54) is 18.4 Å². The van der Waals surface area contributed by atoms with Gasteiger partial charge in [0.15, 0.2) is 0 Å². The molecular formula is C20H29N3O2. The molecule has 0 radical (unpaired) electrons. The first kappa shape index (κ1) is 17.9. The largest absolute Gasteiger partial charge is 0.354 e. The Labute approximate surface area is 150 Å². The smallest absolute Gasteiger partial charge is 0.245 e. The summed E-state index contributed by atoms with van der Waals surface area (Å²) in [6.45, 7) is 1.77. The molecule has 136 valence electrons. The first-order valence-electron chi connectivity index (χ1n) is 9.39. The van der Waals surface area contributed by atoms with Crippen LogP contribution in [0.4, 0.5) is 0 Å². The fraction of sp³-hybridized carbons (Fsp3) is 0.600. The zero-order chi connectivity index (χ0) is 17.7. The van der Waals surface area contributed by atoms with Gasteiger partial charge in [0, 0.05) is 13.1 Å². The first-order valence-corrected chi connectivity index (χ1v) is 9.39. The molecule has 0 atom stereocenters. The third kappa shape index (κ3) is 5.05. The van der Waals surface area contributed by atoms with Crippen LogP contribution in [0.3, 0.4) is 0 Å². The number of hydrogen-bond acceptors (Lipinski definition) is 3. The lowest BCUT2D eigenvalue weighted by Gasteiger charge is -2.30. The van der Waals surface area contributed by atoms with Gasteiger partial charge in [-0.1, -0.05) is 43.2 Å². The van der Waals surface area contributed by atoms with Gasteiger partial charge >= 0.3 is 0 Å². The van der Waals surface area contributed by atoms with Crippen molar-refractivity contribution in [3.8, 4) is 0 Å². The van der Waals surface area contributed by atoms with Crippen LogP contribution >= 0.6 is 0 Å². The predicted octanol–water partition coefficient (Wildman–Crippen LogP) is 2.07. The normalized spacial score (nSPS) is 19.0. The van der Waals surface area contributed by atoms with Crippen LogP contribution < -0.4 is 10.6 Å². The molecule has 3 rings (SSSR count). The molecule has 0 aliphatic heterocycles. The Bertz CT molecular complexity index is 592. The Morgan fingerprint density at radius 1 is 1.16 bits per heavy atom. The summed E-state index contributed by atoms with van der Waals surface area (Å²) in [6, 6.07) is 10.1. The molecule has 2 amide bonds. The molecule has 5 heteroatoms. The van der Waals surface area contributed by atoms with E-state index >= 15 is 0 Å². The maximum absolute atomic E-state index is 12.7. The van der Waals surface area contributed by atoms with Crippen LogP contribution in [0.15, 0.2) is 30.3 Å². The quantitative estimate of drug-likeness (QED) is 0.760. The van der Waals surface area contributed by atoms with E-state index in [2.05, 4.69) is 22.8 Å². The number of benzene rings is 1. The lowest BCUT2D eigenvalue weighted by molar-refractivity contribution is -0.134. The lowest BCUT2D eigenvalue weighted by Crippen LogP contribution is -2.58. The Hall–Kier alpha value is -1.88. The van der Waals surface area contributed by atoms with Crippen LogP contribution in [0, 0.1) is 5.92 Å². The van der Waals surface area contributed by atoms with Crippen molar-refractivity contribution in [2.75, 3.05) is 20.1 Å². The van der Waals surface area contributed by atoms with Crippen molar-refractivity contribution in [2.45, 2.75) is 50.6 Å². The molecule has 0 saturated heterocycles. The number of hydrogen-bond donors (Lipinski definition) is 2. The Morgan fingerprint density at radius 3 is 2.48 bits per heavy atom. The number of carbonyl (C=O) groups is 2. The molecule has 0 heterocycles. The maximum atomic E-state index is 12.7. The molecule has 2 aliphatic rings. The molecule has 25 heavy (non-hydrogen) atoms. The molecule has 0 unspecified atom stereocenters. The Kier molecular flexibility index (Phi) is 5.74. The van der Waals surface area contributed by atoms with Gasteiger partial charge in [0.05, 0.1) is 6.54 Å². The van der Waals surface area contributed by atoms with Gasteiger partial charge in [0.25, 0.3) is 0 Å². The SMILES string of the molecule is CN(CC(=O)NC1(C(=O)NCC2CC2)CCCC1)Cc1ccccc1. The fourth-order valence-corrected chi connectivity index (χ4v) is 3.62. The molecule has 2 fully saturated rings. The van der Waals surface area contributed by atoms with E-state index in [0.717, 1.165) is 38.8 Å². The summed E-state index contributed by atoms with van der Waals surface area (Å²) < 4.78 is 0. The average molecular weight is 343 g/mol. The minimum absolute atomic E-state index is 0.0102. The van der Waals surface area contributed by atoms with Gasteiger partial charge in [-0.05, 0) is 44.2 Å². The first-order chi connectivity index (χ1) is 12.1. The van der Waals surface area contributed by atoms with Gasteiger partial charge in [-0.3, -0.25) is 14.5 Å². The van der Waals surface area contributed by atoms with Crippen molar-refractivity contribution in [1.82, 2.24) is 15.5 Å². The lowest BCUT2D eigenvalue weighted by atomic mass is 9.96. The van der Waals surface area contributed by atoms with Crippen molar-refractivity contribution in [2.24, 2.45) is 5.92 Å². The summed E-state index contributed by atoms with van der Waals surface area (Å²) >= 11 is 0. The van der Waals surface area contributed by atoms with Gasteiger partial charge in [0.2, 0.25) is 11.8 Å². The van der Waals surface area contributed by atoms with Crippen molar-refractivity contribution >= 4 is 11.8 Å². The molecule has 2 N–H and O–H groups in total. The zero-order valence-electron chi connectivity index (χ0n) is 15.1. The Morgan fingerprint density at radius 2 is 1.84 bits per heavy atom. The molecule has 1 aromatic carbocycles. The fourth-order valence-electron chi connectivity index (χ4n) is 3.62. The summed E-state index contributed by atoms with van der Waals surface area (Å²) in [5.41, 5.74) is 0.482. The van der Waals surface area contributed by atoms with Gasteiger partial charge in [0.1, 0.15) is 5.54 Å². The third-order valence-corrected chi connectivity index (χ3v) is 5.23. The van der Waals surface area contributed by atoms with Crippen LogP contribution in [0.2, 0.25) is 0 Å². The van der Waals surface area contributed by atoms with Gasteiger partial charge in [-0.2, -0.15) is 0 Å². The standard InChI is InChI=1S/C20H29N3O2/c1-23(14-17-7-3-2-4-8-17)15-18(24)22-20(11-5-6-12-20)19(25)21-13-16-9-10-16/h2-4,7-8,16H,5-6,9-15H2,1H3,(H,21,25)(H,22,24). The highest BCUT2D eigenvalue weighted by atomic mass is 16.2. The Balaban J connectivity index is 1.52. The molecule has 2 saturated carbocycles. The maximum Gasteiger partial charge on any atom is 0.245 e. The molecule has 5 nitrogen and oxygen atoms in total. The van der Waals surface area contributed by atoms with E-state index in [1.54, 1.807) is 0 Å². The molecule has 0 aromatic heterocycles. The highest BCUT2D eigenvalue weighted by molar-refractivity contribution is 5.92. The van der Waals surface area contributed by atoms with Gasteiger partial charge in [-0.25, -0.2) is 0 Å². The highest BCUT2D eigenvalue weighted by Crippen LogP contribution is 2.31. The summed E-state index contributed by atoms with van der Waals surface area (Å²) in [4.78, 5) is 27.2. The zero-order valence-corrected chi connectivity index (χ0v) is 15.1. The number of carbonyl (C=O) groups excluding carboxylic acids is 2. The van der Waals surface area contributed by atoms with Crippen molar-refractivity contribution in [3.63, 3.8) is 0 Å². The minimum atomic E-state index is -0.695. The van der Waals surface area contributed by atoms with E-state index in [4.69, 9.17) is 0 Å². The van der Waals surface area contributed by atoms with Crippen molar-refractivity contribution in [3.05, 3.63) is 35.9 Å². The van der Waals surface area contributed by atoms with E-state index in [1.807, 2.05) is 30.1 Å². The van der Waals surface area contributed by atoms with Crippen LogP contribution in [-0.2, 0) is 16.1 Å². The van der Waals surface area contributed by atoms with Crippen LogP contribution in [0.1, 0.15) is 44.1 Å². The van der Waals surface area contributed by atoms with E-state index in [-0.39, 0.29) is 11.8 Å². The predicted molar refractivity (Wildman–Crippen MR) is 97.9 cm³/mol. The number of nitrogens with one attached hydrogen (secondary N) is 2. The summed E-state index contributed by atoms with van der Waals surface area (Å²) in [5.74, 6) is 0.591. The van der Waals surface area contributed by atoms with Crippen LogP contribution in [0.5, 0.6) is 0 Å². The van der Waals surface area contributed by atoms with Crippen LogP contribution in [-0.4, -0.2) is 42.4 Å². The van der Waals surface area contributed by atoms with Gasteiger partial charge < -0.3 is 10.6 Å². The summed E-state index contributed by atoms with van der Waals surface area (Å²) in [5, 5.41) is 6.12. The molecule has 1 aromatic rings. The number of likely N-dealkylation sites (N-methyl/N-ethyl adjacent to an activating group) is 1. The summed E-state index contributed by atoms with van der Waals surface area (Å²) in [7, 11) is 1.93.